The quantitative estimate of drug-likeness (QED) is 0.852. The molecule has 1 saturated heterocycles. The molecule has 2 aliphatic rings. The number of likely N-dealkylation sites (tertiary alicyclic amines) is 1. The number of rotatable bonds is 4. The van der Waals surface area contributed by atoms with Gasteiger partial charge < -0.3 is 4.57 Å². The lowest BCUT2D eigenvalue weighted by atomic mass is 9.95. The molecule has 23 heavy (non-hydrogen) atoms. The molecule has 2 aromatic heterocycles. The van der Waals surface area contributed by atoms with Crippen molar-refractivity contribution in [1.82, 2.24) is 19.4 Å². The average molecular weight is 310 g/mol. The Morgan fingerprint density at radius 1 is 1.04 bits per heavy atom. The maximum Gasteiger partial charge on any atom is 0.0951 e. The van der Waals surface area contributed by atoms with E-state index in [-0.39, 0.29) is 0 Å². The van der Waals surface area contributed by atoms with Crippen molar-refractivity contribution in [3.63, 3.8) is 0 Å². The minimum Gasteiger partial charge on any atom is -0.330 e. The highest BCUT2D eigenvalue weighted by Crippen LogP contribution is 2.33. The number of pyridine rings is 1. The first kappa shape index (κ1) is 14.9. The molecule has 2 fully saturated rings. The van der Waals surface area contributed by atoms with Crippen LogP contribution in [0.25, 0.3) is 0 Å². The summed E-state index contributed by atoms with van der Waals surface area (Å²) in [6, 6.07) is 7.40. The fourth-order valence-corrected chi connectivity index (χ4v) is 4.27. The Morgan fingerprint density at radius 2 is 1.96 bits per heavy atom. The van der Waals surface area contributed by atoms with Crippen LogP contribution in [0.4, 0.5) is 0 Å². The molecule has 0 radical (unpaired) electrons. The van der Waals surface area contributed by atoms with Gasteiger partial charge in [-0.2, -0.15) is 0 Å². The van der Waals surface area contributed by atoms with Gasteiger partial charge in [0, 0.05) is 25.0 Å². The molecule has 3 heterocycles. The molecular formula is C19H26N4. The van der Waals surface area contributed by atoms with E-state index in [9.17, 15) is 0 Å². The van der Waals surface area contributed by atoms with Crippen LogP contribution < -0.4 is 0 Å². The summed E-state index contributed by atoms with van der Waals surface area (Å²) >= 11 is 0. The Balaban J connectivity index is 1.50. The van der Waals surface area contributed by atoms with E-state index in [1.54, 1.807) is 0 Å². The molecule has 1 saturated carbocycles. The zero-order valence-electron chi connectivity index (χ0n) is 13.8. The van der Waals surface area contributed by atoms with Gasteiger partial charge in [0.25, 0.3) is 0 Å². The number of nitrogens with zero attached hydrogens (tertiary/aromatic N) is 4. The topological polar surface area (TPSA) is 34.0 Å². The van der Waals surface area contributed by atoms with E-state index in [0.717, 1.165) is 13.1 Å². The summed E-state index contributed by atoms with van der Waals surface area (Å²) in [5.41, 5.74) is 2.59. The fourth-order valence-electron chi connectivity index (χ4n) is 4.27. The number of aromatic nitrogens is 3. The van der Waals surface area contributed by atoms with E-state index < -0.39 is 0 Å². The second kappa shape index (κ2) is 6.83. The molecule has 2 aromatic rings. The first-order chi connectivity index (χ1) is 11.4. The third-order valence-electron chi connectivity index (χ3n) is 5.47. The van der Waals surface area contributed by atoms with Gasteiger partial charge in [0.1, 0.15) is 0 Å². The number of imidazole rings is 1. The van der Waals surface area contributed by atoms with Crippen molar-refractivity contribution in [2.75, 3.05) is 6.54 Å². The molecule has 0 bridgehead atoms. The lowest BCUT2D eigenvalue weighted by Crippen LogP contribution is -2.26. The summed E-state index contributed by atoms with van der Waals surface area (Å²) in [4.78, 5) is 11.6. The molecule has 0 aromatic carbocycles. The van der Waals surface area contributed by atoms with Gasteiger partial charge in [-0.05, 0) is 44.4 Å². The van der Waals surface area contributed by atoms with Crippen LogP contribution in [-0.2, 0) is 6.54 Å². The standard InChI is InChI=1S/C19H26N4/c1-2-7-16(8-3-1)23-15-20-13-17(23)14-22-12-6-10-19(22)18-9-4-5-11-21-18/h4-5,9,11,13,15-16,19H,1-3,6-8,10,12,14H2. The van der Waals surface area contributed by atoms with E-state index in [1.807, 2.05) is 12.3 Å². The second-order valence-electron chi connectivity index (χ2n) is 6.97. The zero-order chi connectivity index (χ0) is 15.5. The molecule has 1 atom stereocenters. The third-order valence-corrected chi connectivity index (χ3v) is 5.47. The maximum absolute atomic E-state index is 4.59. The van der Waals surface area contributed by atoms with Gasteiger partial charge in [-0.1, -0.05) is 25.3 Å². The fraction of sp³-hybridized carbons (Fsp3) is 0.579. The summed E-state index contributed by atoms with van der Waals surface area (Å²) in [5, 5.41) is 0. The van der Waals surface area contributed by atoms with Crippen LogP contribution in [0.2, 0.25) is 0 Å². The monoisotopic (exact) mass is 310 g/mol. The van der Waals surface area contributed by atoms with Gasteiger partial charge in [0.05, 0.1) is 23.8 Å². The molecule has 1 aliphatic carbocycles. The summed E-state index contributed by atoms with van der Waals surface area (Å²) < 4.78 is 2.45. The Morgan fingerprint density at radius 3 is 2.78 bits per heavy atom. The van der Waals surface area contributed by atoms with Gasteiger partial charge in [-0.25, -0.2) is 4.98 Å². The normalized spacial score (nSPS) is 23.4. The van der Waals surface area contributed by atoms with Crippen LogP contribution in [0.15, 0.2) is 36.9 Å². The van der Waals surface area contributed by atoms with Crippen LogP contribution in [0, 0.1) is 0 Å². The molecule has 1 aliphatic heterocycles. The van der Waals surface area contributed by atoms with Gasteiger partial charge in [0.15, 0.2) is 0 Å². The summed E-state index contributed by atoms with van der Waals surface area (Å²) in [6.45, 7) is 2.16. The molecule has 0 spiro atoms. The molecule has 4 nitrogen and oxygen atoms in total. The van der Waals surface area contributed by atoms with Crippen molar-refractivity contribution in [2.45, 2.75) is 63.6 Å². The molecule has 122 valence electrons. The van der Waals surface area contributed by atoms with Gasteiger partial charge >= 0.3 is 0 Å². The minimum atomic E-state index is 0.464. The molecule has 0 amide bonds. The zero-order valence-corrected chi connectivity index (χ0v) is 13.8. The Hall–Kier alpha value is -1.68. The van der Waals surface area contributed by atoms with Crippen molar-refractivity contribution in [3.05, 3.63) is 48.3 Å². The molecular weight excluding hydrogens is 284 g/mol. The van der Waals surface area contributed by atoms with E-state index in [2.05, 4.69) is 44.1 Å². The van der Waals surface area contributed by atoms with Crippen molar-refractivity contribution in [1.29, 1.82) is 0 Å². The Bertz CT molecular complexity index is 615. The first-order valence-electron chi connectivity index (χ1n) is 9.07. The van der Waals surface area contributed by atoms with E-state index in [1.165, 1.54) is 56.3 Å². The second-order valence-corrected chi connectivity index (χ2v) is 6.97. The number of hydrogen-bond acceptors (Lipinski definition) is 3. The van der Waals surface area contributed by atoms with Crippen molar-refractivity contribution >= 4 is 0 Å². The highest BCUT2D eigenvalue weighted by atomic mass is 15.2. The van der Waals surface area contributed by atoms with Crippen molar-refractivity contribution in [3.8, 4) is 0 Å². The van der Waals surface area contributed by atoms with Crippen LogP contribution in [-0.4, -0.2) is 26.0 Å². The van der Waals surface area contributed by atoms with Crippen LogP contribution in [0.1, 0.15) is 68.4 Å². The largest absolute Gasteiger partial charge is 0.330 e. The molecule has 1 unspecified atom stereocenters. The van der Waals surface area contributed by atoms with Crippen LogP contribution in [0.5, 0.6) is 0 Å². The maximum atomic E-state index is 4.59. The minimum absolute atomic E-state index is 0.464. The lowest BCUT2D eigenvalue weighted by Gasteiger charge is -2.28. The summed E-state index contributed by atoms with van der Waals surface area (Å²) in [6.07, 6.45) is 15.3. The molecule has 4 heteroatoms. The van der Waals surface area contributed by atoms with Crippen molar-refractivity contribution < 1.29 is 0 Å². The first-order valence-corrected chi connectivity index (χ1v) is 9.07. The predicted octanol–water partition coefficient (Wildman–Crippen LogP) is 4.12. The molecule has 0 N–H and O–H groups in total. The van der Waals surface area contributed by atoms with Gasteiger partial charge in [0.2, 0.25) is 0 Å². The third kappa shape index (κ3) is 3.18. The lowest BCUT2D eigenvalue weighted by molar-refractivity contribution is 0.232. The summed E-state index contributed by atoms with van der Waals surface area (Å²) in [7, 11) is 0. The molecule has 4 rings (SSSR count). The van der Waals surface area contributed by atoms with E-state index in [0.29, 0.717) is 12.1 Å². The highest BCUT2D eigenvalue weighted by molar-refractivity contribution is 5.12. The van der Waals surface area contributed by atoms with Crippen LogP contribution >= 0.6 is 0 Å². The van der Waals surface area contributed by atoms with Gasteiger partial charge in [-0.15, -0.1) is 0 Å². The predicted molar refractivity (Wildman–Crippen MR) is 91.0 cm³/mol. The Kier molecular flexibility index (Phi) is 4.42. The van der Waals surface area contributed by atoms with Crippen molar-refractivity contribution in [2.24, 2.45) is 0 Å². The van der Waals surface area contributed by atoms with Crippen LogP contribution in [0.3, 0.4) is 0 Å². The highest BCUT2D eigenvalue weighted by Gasteiger charge is 2.28. The van der Waals surface area contributed by atoms with Gasteiger partial charge in [-0.3, -0.25) is 9.88 Å². The SMILES string of the molecule is c1ccc(C2CCCN2Cc2cncn2C2CCCCC2)nc1. The summed E-state index contributed by atoms with van der Waals surface area (Å²) in [5.74, 6) is 0. The average Bonchev–Trinajstić information content (AvgIpc) is 3.26. The van der Waals surface area contributed by atoms with E-state index in [4.69, 9.17) is 0 Å². The smallest absolute Gasteiger partial charge is 0.0951 e. The Labute approximate surface area is 138 Å². The van der Waals surface area contributed by atoms with E-state index >= 15 is 0 Å². The number of hydrogen-bond donors (Lipinski definition) is 0.